The van der Waals surface area contributed by atoms with Crippen LogP contribution in [0.25, 0.3) is 5.57 Å². The van der Waals surface area contributed by atoms with Crippen molar-refractivity contribution in [3.63, 3.8) is 0 Å². The third-order valence-electron chi connectivity index (χ3n) is 8.89. The van der Waals surface area contributed by atoms with E-state index in [1.54, 1.807) is 84.9 Å². The molecule has 15 heteroatoms. The average Bonchev–Trinajstić information content (AvgIpc) is 3.66. The van der Waals surface area contributed by atoms with Gasteiger partial charge in [0.15, 0.2) is 0 Å². The molecule has 58 heavy (non-hydrogen) atoms. The number of amides is 1. The fourth-order valence-corrected chi connectivity index (χ4v) is 8.93. The van der Waals surface area contributed by atoms with Gasteiger partial charge in [0.05, 0.1) is 37.2 Å². The second-order valence-corrected chi connectivity index (χ2v) is 17.5. The van der Waals surface area contributed by atoms with Crippen LogP contribution in [0.4, 0.5) is 4.79 Å². The normalized spacial score (nSPS) is 15.8. The molecule has 0 spiro atoms. The van der Waals surface area contributed by atoms with Gasteiger partial charge in [-0.25, -0.2) is 17.8 Å². The number of para-hydroxylation sites is 2. The minimum absolute atomic E-state index is 0.00837. The molecule has 4 aromatic rings. The van der Waals surface area contributed by atoms with Crippen LogP contribution in [-0.4, -0.2) is 82.4 Å². The van der Waals surface area contributed by atoms with Gasteiger partial charge in [-0.15, -0.1) is 0 Å². The number of rotatable bonds is 19. The van der Waals surface area contributed by atoms with Gasteiger partial charge in [-0.05, 0) is 84.1 Å². The lowest BCUT2D eigenvalue weighted by atomic mass is 9.97. The summed E-state index contributed by atoms with van der Waals surface area (Å²) < 4.78 is 77.2. The van der Waals surface area contributed by atoms with Crippen LogP contribution in [-0.2, 0) is 24.1 Å². The number of alkyl carbamates (subject to hydrolysis) is 1. The average molecular weight is 833 g/mol. The van der Waals surface area contributed by atoms with Gasteiger partial charge < -0.3 is 38.4 Å². The Morgan fingerprint density at radius 2 is 1.52 bits per heavy atom. The predicted octanol–water partition coefficient (Wildman–Crippen LogP) is 7.24. The number of sulfonamides is 1. The highest BCUT2D eigenvalue weighted by Crippen LogP contribution is 2.48. The van der Waals surface area contributed by atoms with E-state index in [1.807, 2.05) is 26.0 Å². The standard InChI is InChI=1S/C43H49N2O11PS/c1-32(2)28-45(58(49,50)40-23-21-36(51-4)22-24-40)26-25-41(44-43(47)54-42-30-52-29-35(42)12-11-27-46)33(3)34-17-19-37(20-18-34)53-31-57(48,55-38-13-7-5-8-14-38)56-39-15-9-6-10-16-39/h5-10,13-24,32,35,41-42,46H,3,25-31H2,1-2,4H3,(H,44,47)/t35-,41-,42+/m1/s1. The first-order chi connectivity index (χ1) is 27.9. The van der Waals surface area contributed by atoms with Crippen LogP contribution >= 0.6 is 7.60 Å². The first-order valence-corrected chi connectivity index (χ1v) is 21.8. The summed E-state index contributed by atoms with van der Waals surface area (Å²) >= 11 is 0. The van der Waals surface area contributed by atoms with Crippen LogP contribution in [0.3, 0.4) is 0 Å². The van der Waals surface area contributed by atoms with Crippen LogP contribution in [0.15, 0.2) is 121 Å². The van der Waals surface area contributed by atoms with Gasteiger partial charge >= 0.3 is 13.7 Å². The second kappa shape index (κ2) is 20.9. The molecule has 0 aromatic heterocycles. The number of methoxy groups -OCH3 is 1. The zero-order valence-electron chi connectivity index (χ0n) is 32.7. The molecule has 1 fully saturated rings. The molecule has 0 radical (unpaired) electrons. The third kappa shape index (κ3) is 12.6. The SMILES string of the molecule is C=C(c1ccc(OCP(=O)(Oc2ccccc2)Oc2ccccc2)cc1)[C@@H](CCN(CC(C)C)S(=O)(=O)c1ccc(OC)cc1)NC(=O)O[C@H]1COC[C@H]1C#CCO. The van der Waals surface area contributed by atoms with Crippen molar-refractivity contribution in [2.75, 3.05) is 46.4 Å². The molecule has 308 valence electrons. The van der Waals surface area contributed by atoms with Crippen molar-refractivity contribution in [3.05, 3.63) is 121 Å². The molecule has 0 aliphatic carbocycles. The molecule has 0 unspecified atom stereocenters. The molecule has 0 saturated carbocycles. The monoisotopic (exact) mass is 832 g/mol. The van der Waals surface area contributed by atoms with Crippen molar-refractivity contribution < 1.29 is 50.9 Å². The second-order valence-electron chi connectivity index (χ2n) is 13.7. The lowest BCUT2D eigenvalue weighted by molar-refractivity contribution is 0.0763. The molecule has 2 N–H and O–H groups in total. The van der Waals surface area contributed by atoms with E-state index in [9.17, 15) is 17.8 Å². The quantitative estimate of drug-likeness (QED) is 0.0725. The Kier molecular flexibility index (Phi) is 15.8. The maximum Gasteiger partial charge on any atom is 0.468 e. The number of hydrogen-bond acceptors (Lipinski definition) is 11. The lowest BCUT2D eigenvalue weighted by Gasteiger charge is -2.28. The van der Waals surface area contributed by atoms with Crippen molar-refractivity contribution in [1.82, 2.24) is 9.62 Å². The molecule has 13 nitrogen and oxygen atoms in total. The Morgan fingerprint density at radius 3 is 2.09 bits per heavy atom. The lowest BCUT2D eigenvalue weighted by Crippen LogP contribution is -2.42. The number of carbonyl (C=O) groups is 1. The highest BCUT2D eigenvalue weighted by Gasteiger charge is 2.33. The first kappa shape index (κ1) is 43.8. The fourth-order valence-electron chi connectivity index (χ4n) is 5.97. The van der Waals surface area contributed by atoms with E-state index < -0.39 is 48.1 Å². The Morgan fingerprint density at radius 1 is 0.914 bits per heavy atom. The minimum atomic E-state index is -3.94. The first-order valence-electron chi connectivity index (χ1n) is 18.7. The molecule has 1 saturated heterocycles. The van der Waals surface area contributed by atoms with Crippen molar-refractivity contribution >= 4 is 29.3 Å². The highest BCUT2D eigenvalue weighted by molar-refractivity contribution is 7.89. The van der Waals surface area contributed by atoms with Gasteiger partial charge in [0, 0.05) is 13.1 Å². The third-order valence-corrected chi connectivity index (χ3v) is 12.2. The molecular weight excluding hydrogens is 784 g/mol. The molecule has 1 amide bonds. The van der Waals surface area contributed by atoms with Gasteiger partial charge in [-0.2, -0.15) is 4.31 Å². The summed E-state index contributed by atoms with van der Waals surface area (Å²) in [5.41, 5.74) is 1.09. The summed E-state index contributed by atoms with van der Waals surface area (Å²) in [7, 11) is -6.31. The summed E-state index contributed by atoms with van der Waals surface area (Å²) in [6, 6.07) is 29.5. The predicted molar refractivity (Wildman–Crippen MR) is 220 cm³/mol. The topological polar surface area (TPSA) is 159 Å². The zero-order chi connectivity index (χ0) is 41.5. The van der Waals surface area contributed by atoms with E-state index in [0.29, 0.717) is 34.1 Å². The van der Waals surface area contributed by atoms with E-state index in [2.05, 4.69) is 23.7 Å². The molecule has 3 atom stereocenters. The molecule has 1 heterocycles. The van der Waals surface area contributed by atoms with E-state index in [4.69, 9.17) is 33.1 Å². The van der Waals surface area contributed by atoms with Crippen LogP contribution in [0, 0.1) is 23.7 Å². The van der Waals surface area contributed by atoms with E-state index in [0.717, 1.165) is 0 Å². The Labute approximate surface area is 340 Å². The van der Waals surface area contributed by atoms with Crippen molar-refractivity contribution in [1.29, 1.82) is 0 Å². The van der Waals surface area contributed by atoms with Crippen LogP contribution in [0.5, 0.6) is 23.0 Å². The Bertz CT molecular complexity index is 2110. The molecule has 1 aliphatic rings. The van der Waals surface area contributed by atoms with Crippen molar-refractivity contribution in [3.8, 4) is 34.8 Å². The summed E-state index contributed by atoms with van der Waals surface area (Å²) in [5, 5.41) is 12.0. The number of nitrogens with zero attached hydrogens (tertiary/aromatic N) is 1. The van der Waals surface area contributed by atoms with Gasteiger partial charge in [-0.3, -0.25) is 0 Å². The number of carbonyl (C=O) groups excluding carboxylic acids is 1. The number of nitrogens with one attached hydrogen (secondary N) is 1. The Hall–Kier alpha value is -5.29. The van der Waals surface area contributed by atoms with Crippen molar-refractivity contribution in [2.45, 2.75) is 37.3 Å². The summed E-state index contributed by atoms with van der Waals surface area (Å²) in [6.45, 7) is 8.44. The van der Waals surface area contributed by atoms with Crippen molar-refractivity contribution in [2.24, 2.45) is 11.8 Å². The molecular formula is C43H49N2O11PS. The van der Waals surface area contributed by atoms with Gasteiger partial charge in [-0.1, -0.05) is 80.8 Å². The van der Waals surface area contributed by atoms with Crippen LogP contribution in [0.2, 0.25) is 0 Å². The van der Waals surface area contributed by atoms with E-state index >= 15 is 0 Å². The van der Waals surface area contributed by atoms with Gasteiger partial charge in [0.25, 0.3) is 0 Å². The smallest absolute Gasteiger partial charge is 0.468 e. The number of aliphatic hydroxyl groups excluding tert-OH is 1. The van der Waals surface area contributed by atoms with Gasteiger partial charge in [0.1, 0.15) is 35.7 Å². The largest absolute Gasteiger partial charge is 0.497 e. The summed E-state index contributed by atoms with van der Waals surface area (Å²) in [6.07, 6.45) is -1.71. The van der Waals surface area contributed by atoms with E-state index in [-0.39, 0.29) is 50.1 Å². The fraction of sp³-hybridized carbons (Fsp3) is 0.326. The minimum Gasteiger partial charge on any atom is -0.497 e. The Balaban J connectivity index is 1.34. The number of aliphatic hydroxyl groups is 1. The number of hydrogen-bond donors (Lipinski definition) is 2. The van der Waals surface area contributed by atoms with E-state index in [1.165, 1.54) is 23.5 Å². The van der Waals surface area contributed by atoms with Gasteiger partial charge in [0.2, 0.25) is 16.4 Å². The maximum absolute atomic E-state index is 14.0. The zero-order valence-corrected chi connectivity index (χ0v) is 34.4. The highest BCUT2D eigenvalue weighted by atomic mass is 32.2. The number of ether oxygens (including phenoxy) is 4. The molecule has 0 bridgehead atoms. The summed E-state index contributed by atoms with van der Waals surface area (Å²) in [5.74, 6) is 6.61. The number of benzene rings is 4. The van der Waals surface area contributed by atoms with Crippen LogP contribution in [0.1, 0.15) is 25.8 Å². The molecule has 5 rings (SSSR count). The maximum atomic E-state index is 14.0. The molecule has 1 aliphatic heterocycles. The van der Waals surface area contributed by atoms with Crippen LogP contribution < -0.4 is 23.8 Å². The molecule has 4 aromatic carbocycles. The summed E-state index contributed by atoms with van der Waals surface area (Å²) in [4.78, 5) is 13.5.